The Hall–Kier alpha value is -4.53. The summed E-state index contributed by atoms with van der Waals surface area (Å²) in [5.74, 6) is -0.777. The minimum absolute atomic E-state index is 0.213. The van der Waals surface area contributed by atoms with Gasteiger partial charge in [-0.2, -0.15) is 0 Å². The first kappa shape index (κ1) is 22.3. The van der Waals surface area contributed by atoms with E-state index in [1.165, 1.54) is 7.11 Å². The van der Waals surface area contributed by atoms with Crippen molar-refractivity contribution >= 4 is 35.1 Å². The maximum atomic E-state index is 13.4. The zero-order valence-corrected chi connectivity index (χ0v) is 19.0. The molecule has 176 valence electrons. The molecule has 1 aliphatic rings. The average molecular weight is 470 g/mol. The van der Waals surface area contributed by atoms with Crippen LogP contribution in [0, 0.1) is 0 Å². The molecule has 1 atom stereocenters. The lowest BCUT2D eigenvalue weighted by Gasteiger charge is -2.34. The lowest BCUT2D eigenvalue weighted by Crippen LogP contribution is -2.43. The molecule has 0 fully saturated rings. The van der Waals surface area contributed by atoms with Gasteiger partial charge in [0.1, 0.15) is 5.69 Å². The van der Waals surface area contributed by atoms with Crippen LogP contribution in [0.15, 0.2) is 61.1 Å². The molecule has 1 amide bonds. The lowest BCUT2D eigenvalue weighted by atomic mass is 10.0. The maximum Gasteiger partial charge on any atom is 0.305 e. The second-order valence-corrected chi connectivity index (χ2v) is 8.22. The number of hydrogen-bond donors (Lipinski definition) is 1. The Kier molecular flexibility index (Phi) is 5.97. The summed E-state index contributed by atoms with van der Waals surface area (Å²) in [6.45, 7) is 0.957. The number of methoxy groups -OCH3 is 1. The fraction of sp³-hybridized carbons (Fsp3) is 0.192. The molecule has 35 heavy (non-hydrogen) atoms. The van der Waals surface area contributed by atoms with Crippen LogP contribution in [0.5, 0.6) is 5.88 Å². The number of rotatable bonds is 7. The number of carboxylic acid groups (broad SMARTS) is 1. The smallest absolute Gasteiger partial charge is 0.305 e. The van der Waals surface area contributed by atoms with Gasteiger partial charge in [-0.15, -0.1) is 0 Å². The molecule has 0 aliphatic carbocycles. The number of pyridine rings is 3. The van der Waals surface area contributed by atoms with Crippen LogP contribution in [-0.2, 0) is 11.3 Å². The van der Waals surface area contributed by atoms with Gasteiger partial charge in [0, 0.05) is 43.1 Å². The van der Waals surface area contributed by atoms with Crippen LogP contribution in [0.4, 0.5) is 0 Å². The fourth-order valence-electron chi connectivity index (χ4n) is 4.27. The third kappa shape index (κ3) is 4.61. The fourth-order valence-corrected chi connectivity index (χ4v) is 4.27. The summed E-state index contributed by atoms with van der Waals surface area (Å²) in [6, 6.07) is 12.3. The summed E-state index contributed by atoms with van der Waals surface area (Å²) in [6.07, 6.45) is 8.77. The van der Waals surface area contributed by atoms with Crippen molar-refractivity contribution in [3.05, 3.63) is 83.6 Å². The Labute approximate surface area is 201 Å². The predicted molar refractivity (Wildman–Crippen MR) is 130 cm³/mol. The van der Waals surface area contributed by atoms with Crippen molar-refractivity contribution in [1.29, 1.82) is 0 Å². The monoisotopic (exact) mass is 469 g/mol. The van der Waals surface area contributed by atoms with E-state index < -0.39 is 12.0 Å². The van der Waals surface area contributed by atoms with Crippen molar-refractivity contribution in [2.75, 3.05) is 13.7 Å². The van der Waals surface area contributed by atoms with Gasteiger partial charge in [0.2, 0.25) is 5.88 Å². The molecule has 0 radical (unpaired) electrons. The van der Waals surface area contributed by atoms with Gasteiger partial charge in [-0.1, -0.05) is 12.1 Å². The third-order valence-corrected chi connectivity index (χ3v) is 6.01. The number of carbonyl (C=O) groups excluding carboxylic acids is 1. The molecule has 1 unspecified atom stereocenters. The van der Waals surface area contributed by atoms with Crippen molar-refractivity contribution < 1.29 is 19.4 Å². The zero-order chi connectivity index (χ0) is 24.4. The van der Waals surface area contributed by atoms with Gasteiger partial charge >= 0.3 is 5.97 Å². The van der Waals surface area contributed by atoms with E-state index in [1.807, 2.05) is 53.2 Å². The van der Waals surface area contributed by atoms with Crippen LogP contribution in [0.2, 0.25) is 0 Å². The van der Waals surface area contributed by atoms with E-state index >= 15 is 0 Å². The van der Waals surface area contributed by atoms with Gasteiger partial charge in [-0.05, 0) is 47.5 Å². The van der Waals surface area contributed by atoms with Crippen molar-refractivity contribution in [2.24, 2.45) is 0 Å². The largest absolute Gasteiger partial charge is 0.481 e. The quantitative estimate of drug-likeness (QED) is 0.440. The number of aromatic nitrogens is 4. The molecule has 5 heterocycles. The Balaban J connectivity index is 1.39. The molecular formula is C26H23N5O4. The van der Waals surface area contributed by atoms with Gasteiger partial charge in [-0.25, -0.2) is 15.0 Å². The van der Waals surface area contributed by atoms with Gasteiger partial charge < -0.3 is 19.3 Å². The van der Waals surface area contributed by atoms with Crippen LogP contribution < -0.4 is 4.74 Å². The molecule has 9 heteroatoms. The molecule has 1 N–H and O–H groups in total. The van der Waals surface area contributed by atoms with E-state index in [2.05, 4.69) is 15.0 Å². The van der Waals surface area contributed by atoms with Crippen LogP contribution >= 0.6 is 0 Å². The van der Waals surface area contributed by atoms with Gasteiger partial charge in [-0.3, -0.25) is 9.59 Å². The van der Waals surface area contributed by atoms with E-state index in [9.17, 15) is 14.7 Å². The summed E-state index contributed by atoms with van der Waals surface area (Å²) in [4.78, 5) is 39.6. The minimum Gasteiger partial charge on any atom is -0.481 e. The maximum absolute atomic E-state index is 13.4. The summed E-state index contributed by atoms with van der Waals surface area (Å²) in [5.41, 5.74) is 3.47. The standard InChI is InChI=1S/C26H23N5O4/c1-35-23-9-6-19(15-28-23)21(14-24(32)33)31-12-11-30-16-17(13-22(30)26(31)34)4-7-20-8-5-18-3-2-10-27-25(18)29-20/h2-10,13,15-16,21H,11-12,14H2,1H3,(H,32,33)/b7-4+. The van der Waals surface area contributed by atoms with Crippen molar-refractivity contribution in [3.8, 4) is 5.88 Å². The molecule has 0 saturated carbocycles. The van der Waals surface area contributed by atoms with E-state index in [0.717, 1.165) is 16.6 Å². The first-order valence-electron chi connectivity index (χ1n) is 11.1. The topological polar surface area (TPSA) is 110 Å². The van der Waals surface area contributed by atoms with Crippen LogP contribution in [0.1, 0.15) is 39.8 Å². The molecule has 4 aromatic rings. The highest BCUT2D eigenvalue weighted by atomic mass is 16.5. The second-order valence-electron chi connectivity index (χ2n) is 8.22. The van der Waals surface area contributed by atoms with Gasteiger partial charge in [0.25, 0.3) is 5.91 Å². The number of carbonyl (C=O) groups is 2. The average Bonchev–Trinajstić information content (AvgIpc) is 3.30. The first-order chi connectivity index (χ1) is 17.0. The SMILES string of the molecule is COc1ccc(C(CC(=O)O)N2CCn3cc(/C=C/c4ccc5cccnc5n4)cc3C2=O)cn1. The molecule has 1 aliphatic heterocycles. The number of fused-ring (bicyclic) bond motifs is 2. The number of aliphatic carboxylic acids is 1. The van der Waals surface area contributed by atoms with Crippen LogP contribution in [-0.4, -0.2) is 55.1 Å². The Bertz CT molecular complexity index is 1430. The third-order valence-electron chi connectivity index (χ3n) is 6.01. The molecule has 0 bridgehead atoms. The molecule has 4 aromatic heterocycles. The van der Waals surface area contributed by atoms with Crippen molar-refractivity contribution in [3.63, 3.8) is 0 Å². The molecule has 5 rings (SSSR count). The highest BCUT2D eigenvalue weighted by Gasteiger charge is 2.33. The van der Waals surface area contributed by atoms with Crippen LogP contribution in [0.3, 0.4) is 0 Å². The van der Waals surface area contributed by atoms with E-state index in [0.29, 0.717) is 35.9 Å². The highest BCUT2D eigenvalue weighted by molar-refractivity contribution is 5.95. The predicted octanol–water partition coefficient (Wildman–Crippen LogP) is 3.68. The second kappa shape index (κ2) is 9.38. The molecule has 0 spiro atoms. The number of carboxylic acids is 1. The first-order valence-corrected chi connectivity index (χ1v) is 11.1. The Morgan fingerprint density at radius 3 is 2.83 bits per heavy atom. The molecule has 9 nitrogen and oxygen atoms in total. The summed E-state index contributed by atoms with van der Waals surface area (Å²) < 4.78 is 7.00. The summed E-state index contributed by atoms with van der Waals surface area (Å²) in [5, 5.41) is 10.5. The van der Waals surface area contributed by atoms with Crippen molar-refractivity contribution in [2.45, 2.75) is 19.0 Å². The number of hydrogen-bond acceptors (Lipinski definition) is 6. The zero-order valence-electron chi connectivity index (χ0n) is 19.0. The summed E-state index contributed by atoms with van der Waals surface area (Å²) >= 11 is 0. The minimum atomic E-state index is -0.986. The normalized spacial score (nSPS) is 14.3. The van der Waals surface area contributed by atoms with E-state index in [-0.39, 0.29) is 12.3 Å². The van der Waals surface area contributed by atoms with Crippen molar-refractivity contribution in [1.82, 2.24) is 24.4 Å². The van der Waals surface area contributed by atoms with Crippen LogP contribution in [0.25, 0.3) is 23.2 Å². The molecule has 0 aromatic carbocycles. The van der Waals surface area contributed by atoms with E-state index in [4.69, 9.17) is 4.74 Å². The van der Waals surface area contributed by atoms with Gasteiger partial charge in [0.15, 0.2) is 5.65 Å². The Morgan fingerprint density at radius 1 is 1.17 bits per heavy atom. The van der Waals surface area contributed by atoms with Gasteiger partial charge in [0.05, 0.1) is 25.3 Å². The summed E-state index contributed by atoms with van der Waals surface area (Å²) in [7, 11) is 1.51. The Morgan fingerprint density at radius 2 is 2.06 bits per heavy atom. The molecule has 0 saturated heterocycles. The lowest BCUT2D eigenvalue weighted by molar-refractivity contribution is -0.138. The number of amides is 1. The number of nitrogens with zero attached hydrogens (tertiary/aromatic N) is 5. The molecular weight excluding hydrogens is 446 g/mol. The number of ether oxygens (including phenoxy) is 1. The van der Waals surface area contributed by atoms with E-state index in [1.54, 1.807) is 29.4 Å². The highest BCUT2D eigenvalue weighted by Crippen LogP contribution is 2.30.